The molecule has 0 saturated carbocycles. The Hall–Kier alpha value is -2.09. The molecule has 2 atom stereocenters. The molecule has 0 aliphatic heterocycles. The van der Waals surface area contributed by atoms with Crippen molar-refractivity contribution in [1.82, 2.24) is 24.7 Å². The average molecular weight is 382 g/mol. The van der Waals surface area contributed by atoms with Gasteiger partial charge in [0.2, 0.25) is 0 Å². The topological polar surface area (TPSA) is 76.7 Å². The summed E-state index contributed by atoms with van der Waals surface area (Å²) < 4.78 is 15.6. The Morgan fingerprint density at radius 3 is 2.72 bits per heavy atom. The van der Waals surface area contributed by atoms with E-state index in [4.69, 9.17) is 23.2 Å². The first-order valence-electron chi connectivity index (χ1n) is 7.37. The first-order valence-corrected chi connectivity index (χ1v) is 8.13. The van der Waals surface area contributed by atoms with Gasteiger partial charge in [-0.3, -0.25) is 0 Å². The highest BCUT2D eigenvalue weighted by atomic mass is 35.5. The van der Waals surface area contributed by atoms with Crippen molar-refractivity contribution in [3.63, 3.8) is 0 Å². The van der Waals surface area contributed by atoms with E-state index in [-0.39, 0.29) is 17.3 Å². The van der Waals surface area contributed by atoms with Crippen molar-refractivity contribution in [2.45, 2.75) is 25.0 Å². The second-order valence-electron chi connectivity index (χ2n) is 5.62. The minimum atomic E-state index is -1.61. The maximum absolute atomic E-state index is 14.2. The third-order valence-electron chi connectivity index (χ3n) is 4.09. The maximum Gasteiger partial charge on any atom is 0.163 e. The summed E-state index contributed by atoms with van der Waals surface area (Å²) in [6.45, 7) is 1.66. The molecule has 0 aliphatic rings. The van der Waals surface area contributed by atoms with Crippen LogP contribution in [0.1, 0.15) is 24.1 Å². The lowest BCUT2D eigenvalue weighted by molar-refractivity contribution is -0.0101. The van der Waals surface area contributed by atoms with E-state index in [0.717, 1.165) is 6.20 Å². The first kappa shape index (κ1) is 17.7. The van der Waals surface area contributed by atoms with Crippen LogP contribution in [0, 0.1) is 5.82 Å². The predicted molar refractivity (Wildman–Crippen MR) is 90.8 cm³/mol. The van der Waals surface area contributed by atoms with E-state index in [1.165, 1.54) is 29.7 Å². The zero-order valence-electron chi connectivity index (χ0n) is 13.1. The molecule has 6 nitrogen and oxygen atoms in total. The van der Waals surface area contributed by atoms with Gasteiger partial charge in [0, 0.05) is 21.5 Å². The highest BCUT2D eigenvalue weighted by molar-refractivity contribution is 6.35. The molecule has 3 aromatic rings. The number of hydrogen-bond acceptors (Lipinski definition) is 5. The summed E-state index contributed by atoms with van der Waals surface area (Å²) >= 11 is 12.3. The summed E-state index contributed by atoms with van der Waals surface area (Å²) in [7, 11) is 0. The molecule has 130 valence electrons. The number of rotatable bonds is 5. The van der Waals surface area contributed by atoms with Crippen molar-refractivity contribution in [3.8, 4) is 0 Å². The maximum atomic E-state index is 14.2. The van der Waals surface area contributed by atoms with Crippen molar-refractivity contribution in [1.29, 1.82) is 0 Å². The van der Waals surface area contributed by atoms with Crippen LogP contribution in [0.5, 0.6) is 0 Å². The number of aromatic nitrogens is 5. The summed E-state index contributed by atoms with van der Waals surface area (Å²) in [4.78, 5) is 11.5. The minimum Gasteiger partial charge on any atom is -0.382 e. The normalized spacial score (nSPS) is 14.9. The van der Waals surface area contributed by atoms with E-state index in [1.54, 1.807) is 19.1 Å². The van der Waals surface area contributed by atoms with Gasteiger partial charge in [0.1, 0.15) is 24.6 Å². The molecule has 2 aromatic heterocycles. The summed E-state index contributed by atoms with van der Waals surface area (Å²) in [5.74, 6) is -1.37. The second kappa shape index (κ2) is 7.03. The molecule has 9 heteroatoms. The van der Waals surface area contributed by atoms with Gasteiger partial charge in [0.05, 0.1) is 18.4 Å². The number of aliphatic hydroxyl groups is 1. The highest BCUT2D eigenvalue weighted by Gasteiger charge is 2.41. The van der Waals surface area contributed by atoms with Crippen LogP contribution in [-0.2, 0) is 12.1 Å². The van der Waals surface area contributed by atoms with Gasteiger partial charge in [0.25, 0.3) is 0 Å². The fraction of sp³-hybridized carbons (Fsp3) is 0.250. The van der Waals surface area contributed by atoms with E-state index in [2.05, 4.69) is 20.1 Å². The smallest absolute Gasteiger partial charge is 0.163 e. The molecule has 0 fully saturated rings. The summed E-state index contributed by atoms with van der Waals surface area (Å²) in [6.07, 6.45) is 5.09. The molecule has 0 saturated heterocycles. The number of nitrogens with zero attached hydrogens (tertiary/aromatic N) is 5. The molecule has 1 N–H and O–H groups in total. The van der Waals surface area contributed by atoms with Gasteiger partial charge < -0.3 is 5.11 Å². The Morgan fingerprint density at radius 2 is 2.08 bits per heavy atom. The Morgan fingerprint density at radius 1 is 1.28 bits per heavy atom. The highest BCUT2D eigenvalue weighted by Crippen LogP contribution is 2.41. The number of benzene rings is 1. The average Bonchev–Trinajstić information content (AvgIpc) is 3.07. The molecule has 3 rings (SSSR count). The van der Waals surface area contributed by atoms with Crippen LogP contribution in [0.25, 0.3) is 0 Å². The molecule has 25 heavy (non-hydrogen) atoms. The van der Waals surface area contributed by atoms with Gasteiger partial charge >= 0.3 is 0 Å². The first-order chi connectivity index (χ1) is 11.9. The van der Waals surface area contributed by atoms with Crippen LogP contribution >= 0.6 is 23.2 Å². The Kier molecular flexibility index (Phi) is 4.99. The quantitative estimate of drug-likeness (QED) is 0.734. The molecule has 0 bridgehead atoms. The monoisotopic (exact) mass is 381 g/mol. The molecule has 0 radical (unpaired) electrons. The second-order valence-corrected chi connectivity index (χ2v) is 6.46. The summed E-state index contributed by atoms with van der Waals surface area (Å²) in [5.41, 5.74) is -1.15. The molecule has 0 amide bonds. The lowest BCUT2D eigenvalue weighted by Crippen LogP contribution is -2.38. The fourth-order valence-corrected chi connectivity index (χ4v) is 3.30. The van der Waals surface area contributed by atoms with Crippen LogP contribution in [0.4, 0.5) is 4.39 Å². The molecule has 0 unspecified atom stereocenters. The lowest BCUT2D eigenvalue weighted by atomic mass is 9.80. The molecule has 0 spiro atoms. The lowest BCUT2D eigenvalue weighted by Gasteiger charge is -2.35. The largest absolute Gasteiger partial charge is 0.382 e. The molecule has 2 heterocycles. The Balaban J connectivity index is 2.13. The van der Waals surface area contributed by atoms with Crippen molar-refractivity contribution in [3.05, 3.63) is 70.5 Å². The standard InChI is InChI=1S/C16H14Cl2FN5O/c1-10(15-14(19)5-20-7-22-15)16(25,6-24-9-21-8-23-24)12-3-2-11(17)4-13(12)18/h2-5,7-10,25H,6H2,1H3/t10-,16+/m0/s1. The van der Waals surface area contributed by atoms with Gasteiger partial charge in [-0.25, -0.2) is 24.0 Å². The van der Waals surface area contributed by atoms with Gasteiger partial charge in [0.15, 0.2) is 5.82 Å². The van der Waals surface area contributed by atoms with Gasteiger partial charge in [-0.05, 0) is 12.1 Å². The number of halogens is 3. The Bertz CT molecular complexity index is 877. The summed E-state index contributed by atoms with van der Waals surface area (Å²) in [5, 5.41) is 16.2. The van der Waals surface area contributed by atoms with Crippen LogP contribution in [0.2, 0.25) is 10.0 Å². The molecule has 0 aliphatic carbocycles. The zero-order chi connectivity index (χ0) is 18.0. The van der Waals surface area contributed by atoms with E-state index >= 15 is 0 Å². The van der Waals surface area contributed by atoms with Crippen molar-refractivity contribution in [2.75, 3.05) is 0 Å². The van der Waals surface area contributed by atoms with Gasteiger partial charge in [-0.2, -0.15) is 5.10 Å². The van der Waals surface area contributed by atoms with E-state index < -0.39 is 17.3 Å². The van der Waals surface area contributed by atoms with Crippen LogP contribution < -0.4 is 0 Å². The number of hydrogen-bond donors (Lipinski definition) is 1. The Labute approximate surface area is 153 Å². The zero-order valence-corrected chi connectivity index (χ0v) is 14.7. The molecule has 1 aromatic carbocycles. The van der Waals surface area contributed by atoms with E-state index in [1.807, 2.05) is 0 Å². The minimum absolute atomic E-state index is 0.00103. The van der Waals surface area contributed by atoms with Gasteiger partial charge in [-0.15, -0.1) is 0 Å². The molecular formula is C16H14Cl2FN5O. The molecular weight excluding hydrogens is 368 g/mol. The third kappa shape index (κ3) is 3.49. The predicted octanol–water partition coefficient (Wildman–Crippen LogP) is 3.21. The van der Waals surface area contributed by atoms with E-state index in [9.17, 15) is 9.50 Å². The van der Waals surface area contributed by atoms with Crippen LogP contribution in [-0.4, -0.2) is 29.8 Å². The van der Waals surface area contributed by atoms with Gasteiger partial charge in [-0.1, -0.05) is 36.2 Å². The fourth-order valence-electron chi connectivity index (χ4n) is 2.72. The summed E-state index contributed by atoms with van der Waals surface area (Å²) in [6, 6.07) is 4.74. The van der Waals surface area contributed by atoms with Crippen LogP contribution in [0.3, 0.4) is 0 Å². The SMILES string of the molecule is C[C@@H](c1ncncc1F)[C@](O)(Cn1cncn1)c1ccc(Cl)cc1Cl. The van der Waals surface area contributed by atoms with Crippen molar-refractivity contribution < 1.29 is 9.50 Å². The van der Waals surface area contributed by atoms with E-state index in [0.29, 0.717) is 10.6 Å². The van der Waals surface area contributed by atoms with Crippen molar-refractivity contribution in [2.24, 2.45) is 0 Å². The van der Waals surface area contributed by atoms with Crippen LogP contribution in [0.15, 0.2) is 43.4 Å². The third-order valence-corrected chi connectivity index (χ3v) is 4.64. The van der Waals surface area contributed by atoms with Crippen molar-refractivity contribution >= 4 is 23.2 Å².